The number of ketones is 1. The second kappa shape index (κ2) is 6.91. The van der Waals surface area contributed by atoms with Crippen LogP contribution in [0, 0.1) is 11.3 Å². The van der Waals surface area contributed by atoms with Crippen molar-refractivity contribution in [3.8, 4) is 0 Å². The number of Topliss-reactive ketones (excluding diaryl/α,β-unsaturated/α-hetero) is 1. The van der Waals surface area contributed by atoms with Gasteiger partial charge in [-0.2, -0.15) is 0 Å². The Hall–Kier alpha value is -0.860. The molecule has 3 nitrogen and oxygen atoms in total. The summed E-state index contributed by atoms with van der Waals surface area (Å²) in [5, 5.41) is 0. The molecule has 1 aliphatic rings. The number of ether oxygens (including phenoxy) is 1. The topological polar surface area (TPSA) is 43.4 Å². The second-order valence-electron chi connectivity index (χ2n) is 5.53. The fourth-order valence-electron chi connectivity index (χ4n) is 3.07. The largest absolute Gasteiger partial charge is 0.465 e. The van der Waals surface area contributed by atoms with E-state index >= 15 is 0 Å². The highest BCUT2D eigenvalue weighted by Crippen LogP contribution is 2.40. The van der Waals surface area contributed by atoms with Crippen LogP contribution in [0.25, 0.3) is 0 Å². The maximum atomic E-state index is 12.3. The SMILES string of the molecule is CCCC(C)CC1(C(=O)OCC)CCCCC1=O. The number of hydrogen-bond donors (Lipinski definition) is 0. The predicted molar refractivity (Wildman–Crippen MR) is 71.2 cm³/mol. The van der Waals surface area contributed by atoms with Gasteiger partial charge in [0.05, 0.1) is 6.61 Å². The van der Waals surface area contributed by atoms with Crippen molar-refractivity contribution in [3.05, 3.63) is 0 Å². The summed E-state index contributed by atoms with van der Waals surface area (Å²) in [5.41, 5.74) is -0.831. The zero-order chi connectivity index (χ0) is 13.6. The predicted octanol–water partition coefficient (Wildman–Crippen LogP) is 3.51. The van der Waals surface area contributed by atoms with Gasteiger partial charge in [-0.25, -0.2) is 0 Å². The van der Waals surface area contributed by atoms with E-state index in [4.69, 9.17) is 4.74 Å². The van der Waals surface area contributed by atoms with Crippen molar-refractivity contribution >= 4 is 11.8 Å². The van der Waals surface area contributed by atoms with Crippen molar-refractivity contribution in [3.63, 3.8) is 0 Å². The number of carbonyl (C=O) groups excluding carboxylic acids is 2. The molecule has 0 amide bonds. The summed E-state index contributed by atoms with van der Waals surface area (Å²) < 4.78 is 5.17. The van der Waals surface area contributed by atoms with Crippen molar-refractivity contribution in [1.29, 1.82) is 0 Å². The molecule has 0 saturated heterocycles. The average molecular weight is 254 g/mol. The van der Waals surface area contributed by atoms with Crippen molar-refractivity contribution in [2.75, 3.05) is 6.61 Å². The average Bonchev–Trinajstić information content (AvgIpc) is 2.32. The van der Waals surface area contributed by atoms with Crippen molar-refractivity contribution in [2.24, 2.45) is 11.3 Å². The lowest BCUT2D eigenvalue weighted by molar-refractivity contribution is -0.163. The Balaban J connectivity index is 2.85. The molecule has 0 aromatic carbocycles. The number of rotatable bonds is 6. The number of hydrogen-bond acceptors (Lipinski definition) is 3. The fourth-order valence-corrected chi connectivity index (χ4v) is 3.07. The van der Waals surface area contributed by atoms with Crippen LogP contribution in [0.2, 0.25) is 0 Å². The molecule has 2 atom stereocenters. The first-order valence-corrected chi connectivity index (χ1v) is 7.27. The highest BCUT2D eigenvalue weighted by Gasteiger charge is 2.48. The summed E-state index contributed by atoms with van der Waals surface area (Å²) >= 11 is 0. The van der Waals surface area contributed by atoms with Gasteiger partial charge in [0.1, 0.15) is 11.2 Å². The highest BCUT2D eigenvalue weighted by atomic mass is 16.5. The molecule has 0 aliphatic heterocycles. The minimum atomic E-state index is -0.831. The van der Waals surface area contributed by atoms with Gasteiger partial charge < -0.3 is 4.74 Å². The third-order valence-corrected chi connectivity index (χ3v) is 3.94. The molecule has 0 N–H and O–H groups in total. The van der Waals surface area contributed by atoms with Gasteiger partial charge in [0.15, 0.2) is 0 Å². The van der Waals surface area contributed by atoms with Crippen LogP contribution in [0.1, 0.15) is 65.7 Å². The normalized spacial score (nSPS) is 25.8. The standard InChI is InChI=1S/C15H26O3/c1-4-8-12(3)11-15(14(17)18-5-2)10-7-6-9-13(15)16/h12H,4-11H2,1-3H3. The molecule has 104 valence electrons. The Morgan fingerprint density at radius 1 is 1.39 bits per heavy atom. The van der Waals surface area contributed by atoms with Gasteiger partial charge in [0.2, 0.25) is 0 Å². The Kier molecular flexibility index (Phi) is 5.83. The molecule has 0 bridgehead atoms. The zero-order valence-electron chi connectivity index (χ0n) is 12.0. The van der Waals surface area contributed by atoms with Crippen LogP contribution in [-0.4, -0.2) is 18.4 Å². The summed E-state index contributed by atoms with van der Waals surface area (Å²) in [7, 11) is 0. The third kappa shape index (κ3) is 3.33. The number of esters is 1. The fraction of sp³-hybridized carbons (Fsp3) is 0.867. The Morgan fingerprint density at radius 3 is 2.67 bits per heavy atom. The van der Waals surface area contributed by atoms with Gasteiger partial charge in [0, 0.05) is 6.42 Å². The summed E-state index contributed by atoms with van der Waals surface area (Å²) in [6, 6.07) is 0. The van der Waals surface area contributed by atoms with Gasteiger partial charge in [-0.3, -0.25) is 9.59 Å². The van der Waals surface area contributed by atoms with E-state index in [-0.39, 0.29) is 11.8 Å². The quantitative estimate of drug-likeness (QED) is 0.538. The maximum Gasteiger partial charge on any atom is 0.319 e. The first kappa shape index (κ1) is 15.2. The monoisotopic (exact) mass is 254 g/mol. The van der Waals surface area contributed by atoms with Crippen LogP contribution in [0.3, 0.4) is 0 Å². The molecule has 0 aromatic heterocycles. The summed E-state index contributed by atoms with van der Waals surface area (Å²) in [5.74, 6) is 0.231. The van der Waals surface area contributed by atoms with Crippen LogP contribution >= 0.6 is 0 Å². The van der Waals surface area contributed by atoms with E-state index in [0.717, 1.165) is 25.7 Å². The molecule has 1 saturated carbocycles. The van der Waals surface area contributed by atoms with E-state index < -0.39 is 5.41 Å². The van der Waals surface area contributed by atoms with E-state index in [9.17, 15) is 9.59 Å². The molecular formula is C15H26O3. The summed E-state index contributed by atoms with van der Waals surface area (Å²) in [6.07, 6.45) is 5.92. The lowest BCUT2D eigenvalue weighted by Crippen LogP contribution is -2.44. The van der Waals surface area contributed by atoms with E-state index in [1.54, 1.807) is 6.92 Å². The minimum Gasteiger partial charge on any atom is -0.465 e. The molecule has 1 aliphatic carbocycles. The molecule has 0 spiro atoms. The molecule has 0 aromatic rings. The van der Waals surface area contributed by atoms with Gasteiger partial charge in [0.25, 0.3) is 0 Å². The summed E-state index contributed by atoms with van der Waals surface area (Å²) in [6.45, 7) is 6.42. The molecule has 3 heteroatoms. The molecule has 0 heterocycles. The zero-order valence-corrected chi connectivity index (χ0v) is 12.0. The Morgan fingerprint density at radius 2 is 2.11 bits per heavy atom. The molecule has 0 radical (unpaired) electrons. The van der Waals surface area contributed by atoms with Crippen molar-refractivity contribution < 1.29 is 14.3 Å². The smallest absolute Gasteiger partial charge is 0.319 e. The van der Waals surface area contributed by atoms with Crippen LogP contribution in [0.5, 0.6) is 0 Å². The molecular weight excluding hydrogens is 228 g/mol. The molecule has 2 unspecified atom stereocenters. The summed E-state index contributed by atoms with van der Waals surface area (Å²) in [4.78, 5) is 24.5. The van der Waals surface area contributed by atoms with E-state index in [0.29, 0.717) is 31.8 Å². The van der Waals surface area contributed by atoms with Crippen LogP contribution in [0.15, 0.2) is 0 Å². The first-order chi connectivity index (χ1) is 8.56. The van der Waals surface area contributed by atoms with E-state index in [1.807, 2.05) is 0 Å². The Bertz CT molecular complexity index is 298. The van der Waals surface area contributed by atoms with Gasteiger partial charge in [-0.05, 0) is 32.1 Å². The van der Waals surface area contributed by atoms with Gasteiger partial charge in [-0.15, -0.1) is 0 Å². The first-order valence-electron chi connectivity index (χ1n) is 7.27. The van der Waals surface area contributed by atoms with Crippen molar-refractivity contribution in [2.45, 2.75) is 65.7 Å². The minimum absolute atomic E-state index is 0.107. The van der Waals surface area contributed by atoms with E-state index in [1.165, 1.54) is 0 Å². The van der Waals surface area contributed by atoms with E-state index in [2.05, 4.69) is 13.8 Å². The Labute approximate surface area is 110 Å². The third-order valence-electron chi connectivity index (χ3n) is 3.94. The second-order valence-corrected chi connectivity index (χ2v) is 5.53. The lowest BCUT2D eigenvalue weighted by Gasteiger charge is -2.35. The molecule has 1 fully saturated rings. The highest BCUT2D eigenvalue weighted by molar-refractivity contribution is 6.04. The van der Waals surface area contributed by atoms with Crippen LogP contribution in [0.4, 0.5) is 0 Å². The van der Waals surface area contributed by atoms with Crippen LogP contribution < -0.4 is 0 Å². The van der Waals surface area contributed by atoms with Gasteiger partial charge in [-0.1, -0.05) is 33.1 Å². The van der Waals surface area contributed by atoms with Gasteiger partial charge >= 0.3 is 5.97 Å². The lowest BCUT2D eigenvalue weighted by atomic mass is 9.68. The maximum absolute atomic E-state index is 12.3. The van der Waals surface area contributed by atoms with Crippen LogP contribution in [-0.2, 0) is 14.3 Å². The molecule has 18 heavy (non-hydrogen) atoms. The number of carbonyl (C=O) groups is 2. The molecule has 1 rings (SSSR count). The van der Waals surface area contributed by atoms with Crippen molar-refractivity contribution in [1.82, 2.24) is 0 Å².